The summed E-state index contributed by atoms with van der Waals surface area (Å²) in [4.78, 5) is 30.7. The van der Waals surface area contributed by atoms with Crippen LogP contribution in [0.15, 0.2) is 60.8 Å². The topological polar surface area (TPSA) is 100 Å². The number of aromatic nitrogens is 1. The van der Waals surface area contributed by atoms with Crippen LogP contribution >= 0.6 is 0 Å². The number of nitrogens with two attached hydrogens (primary N) is 1. The number of carbonyl (C=O) groups is 2. The van der Waals surface area contributed by atoms with Gasteiger partial charge in [-0.3, -0.25) is 19.5 Å². The zero-order valence-electron chi connectivity index (χ0n) is 21.2. The first-order valence-electron chi connectivity index (χ1n) is 13.1. The number of carbonyl (C=O) groups excluding carboxylic acids is 2. The molecule has 1 saturated carbocycles. The number of halogens is 1. The average Bonchev–Trinajstić information content (AvgIpc) is 2.93. The van der Waals surface area contributed by atoms with Crippen LogP contribution in [0.5, 0.6) is 0 Å². The molecule has 7 nitrogen and oxygen atoms in total. The van der Waals surface area contributed by atoms with E-state index in [2.05, 4.69) is 44.8 Å². The van der Waals surface area contributed by atoms with Gasteiger partial charge in [-0.05, 0) is 48.2 Å². The number of pyridine rings is 1. The van der Waals surface area contributed by atoms with Gasteiger partial charge in [0.05, 0.1) is 5.52 Å². The Morgan fingerprint density at radius 3 is 2.46 bits per heavy atom. The molecule has 2 fully saturated rings. The maximum absolute atomic E-state index is 12.9. The van der Waals surface area contributed by atoms with Gasteiger partial charge in [0.1, 0.15) is 11.9 Å². The molecule has 1 saturated heterocycles. The number of hydrogen-bond donors (Lipinski definition) is 3. The van der Waals surface area contributed by atoms with Crippen molar-refractivity contribution in [3.05, 3.63) is 77.7 Å². The van der Waals surface area contributed by atoms with E-state index in [-0.39, 0.29) is 11.8 Å². The van der Waals surface area contributed by atoms with Gasteiger partial charge in [-0.25, -0.2) is 4.39 Å². The lowest BCUT2D eigenvalue weighted by Crippen LogP contribution is -2.42. The highest BCUT2D eigenvalue weighted by molar-refractivity contribution is 5.88. The number of amides is 2. The van der Waals surface area contributed by atoms with Crippen LogP contribution in [0, 0.1) is 11.7 Å². The normalized spacial score (nSPS) is 17.4. The summed E-state index contributed by atoms with van der Waals surface area (Å²) in [6, 6.07) is 15.1. The molecule has 8 heteroatoms. The van der Waals surface area contributed by atoms with Gasteiger partial charge < -0.3 is 16.4 Å². The van der Waals surface area contributed by atoms with Crippen molar-refractivity contribution in [2.45, 2.75) is 44.7 Å². The molecule has 2 aliphatic rings. The van der Waals surface area contributed by atoms with E-state index in [9.17, 15) is 14.0 Å². The molecule has 0 spiro atoms. The van der Waals surface area contributed by atoms with Gasteiger partial charge >= 0.3 is 0 Å². The lowest BCUT2D eigenvalue weighted by atomic mass is 9.88. The molecule has 1 aromatic heterocycles. The summed E-state index contributed by atoms with van der Waals surface area (Å²) in [7, 11) is 0. The number of nitrogens with zero attached hydrogens (tertiary/aromatic N) is 2. The zero-order chi connectivity index (χ0) is 26.0. The van der Waals surface area contributed by atoms with Gasteiger partial charge in [-0.2, -0.15) is 0 Å². The molecule has 37 heavy (non-hydrogen) atoms. The number of hydrogen-bond acceptors (Lipinski definition) is 5. The third-order valence-corrected chi connectivity index (χ3v) is 7.01. The minimum absolute atomic E-state index is 0.0500. The van der Waals surface area contributed by atoms with Crippen molar-refractivity contribution in [1.82, 2.24) is 20.5 Å². The molecule has 2 aromatic carbocycles. The van der Waals surface area contributed by atoms with E-state index in [1.54, 1.807) is 0 Å². The van der Waals surface area contributed by atoms with Crippen LogP contribution in [-0.2, 0) is 16.1 Å². The van der Waals surface area contributed by atoms with Gasteiger partial charge in [-0.15, -0.1) is 0 Å². The van der Waals surface area contributed by atoms with Gasteiger partial charge in [0.15, 0.2) is 0 Å². The number of rotatable bonds is 6. The van der Waals surface area contributed by atoms with Gasteiger partial charge in [0, 0.05) is 50.2 Å². The number of primary amides is 1. The highest BCUT2D eigenvalue weighted by Crippen LogP contribution is 2.25. The van der Waals surface area contributed by atoms with Crippen molar-refractivity contribution < 1.29 is 14.0 Å². The monoisotopic (exact) mass is 505 g/mol. The Hall–Kier alpha value is -3.36. The van der Waals surface area contributed by atoms with Crippen molar-refractivity contribution in [2.24, 2.45) is 11.7 Å². The van der Waals surface area contributed by atoms with E-state index in [0.717, 1.165) is 70.3 Å². The second-order valence-electron chi connectivity index (χ2n) is 9.79. The van der Waals surface area contributed by atoms with Crippen LogP contribution in [0.3, 0.4) is 0 Å². The Balaban J connectivity index is 0.000000175. The average molecular weight is 506 g/mol. The Labute approximate surface area is 217 Å². The highest BCUT2D eigenvalue weighted by atomic mass is 19.1. The molecule has 0 bridgehead atoms. The first-order valence-corrected chi connectivity index (χ1v) is 13.1. The molecule has 3 aromatic rings. The molecule has 2 heterocycles. The summed E-state index contributed by atoms with van der Waals surface area (Å²) in [5, 5.41) is 7.30. The molecule has 0 radical (unpaired) electrons. The largest absolute Gasteiger partial charge is 0.368 e. The summed E-state index contributed by atoms with van der Waals surface area (Å²) in [5.74, 6) is -1.22. The summed E-state index contributed by atoms with van der Waals surface area (Å²) < 4.78 is 12.9. The molecule has 4 N–H and O–H groups in total. The lowest BCUT2D eigenvalue weighted by molar-refractivity contribution is -0.130. The molecule has 196 valence electrons. The second kappa shape index (κ2) is 13.3. The van der Waals surface area contributed by atoms with E-state index in [0.29, 0.717) is 5.56 Å². The third kappa shape index (κ3) is 7.81. The Kier molecular flexibility index (Phi) is 9.57. The summed E-state index contributed by atoms with van der Waals surface area (Å²) in [6.45, 7) is 5.47. The fraction of sp³-hybridized carbons (Fsp3) is 0.414. The van der Waals surface area contributed by atoms with Crippen LogP contribution in [0.4, 0.5) is 4.39 Å². The number of benzene rings is 2. The zero-order valence-corrected chi connectivity index (χ0v) is 21.2. The second-order valence-corrected chi connectivity index (χ2v) is 9.79. The van der Waals surface area contributed by atoms with Gasteiger partial charge in [0.25, 0.3) is 0 Å². The summed E-state index contributed by atoms with van der Waals surface area (Å²) >= 11 is 0. The van der Waals surface area contributed by atoms with E-state index >= 15 is 0 Å². The number of fused-ring (bicyclic) bond motifs is 1. The van der Waals surface area contributed by atoms with Gasteiger partial charge in [0.2, 0.25) is 11.8 Å². The van der Waals surface area contributed by atoms with Crippen LogP contribution in [0.2, 0.25) is 0 Å². The quantitative estimate of drug-likeness (QED) is 0.475. The SMILES string of the molecule is NC(=O)C(NC(=O)C1CCCCC1)c1ccc(F)cc1.c1ccc2ncc(CN3CCNCC3)cc2c1. The fourth-order valence-electron chi connectivity index (χ4n) is 4.93. The maximum Gasteiger partial charge on any atom is 0.244 e. The van der Waals surface area contributed by atoms with Crippen LogP contribution in [0.1, 0.15) is 49.3 Å². The first-order chi connectivity index (χ1) is 18.0. The van der Waals surface area contributed by atoms with Crippen molar-refractivity contribution in [1.29, 1.82) is 0 Å². The Bertz CT molecular complexity index is 1170. The van der Waals surface area contributed by atoms with Crippen molar-refractivity contribution >= 4 is 22.7 Å². The highest BCUT2D eigenvalue weighted by Gasteiger charge is 2.26. The summed E-state index contributed by atoms with van der Waals surface area (Å²) in [6.07, 6.45) is 6.93. The van der Waals surface area contributed by atoms with E-state index in [1.165, 1.54) is 35.2 Å². The minimum atomic E-state index is -0.898. The van der Waals surface area contributed by atoms with Crippen molar-refractivity contribution in [2.75, 3.05) is 26.2 Å². The Morgan fingerprint density at radius 2 is 1.76 bits per heavy atom. The lowest BCUT2D eigenvalue weighted by Gasteiger charge is -2.27. The number of nitrogens with one attached hydrogen (secondary N) is 2. The Morgan fingerprint density at radius 1 is 1.05 bits per heavy atom. The molecule has 2 amide bonds. The maximum atomic E-state index is 12.9. The molecule has 1 unspecified atom stereocenters. The van der Waals surface area contributed by atoms with Crippen molar-refractivity contribution in [3.8, 4) is 0 Å². The molecule has 1 aliphatic carbocycles. The van der Waals surface area contributed by atoms with Crippen molar-refractivity contribution in [3.63, 3.8) is 0 Å². The van der Waals surface area contributed by atoms with Crippen LogP contribution in [-0.4, -0.2) is 47.9 Å². The van der Waals surface area contributed by atoms with E-state index in [1.807, 2.05) is 12.3 Å². The summed E-state index contributed by atoms with van der Waals surface area (Å²) in [5.41, 5.74) is 8.23. The predicted molar refractivity (Wildman–Crippen MR) is 143 cm³/mol. The molecule has 1 aliphatic heterocycles. The smallest absolute Gasteiger partial charge is 0.244 e. The fourth-order valence-corrected chi connectivity index (χ4v) is 4.93. The van der Waals surface area contributed by atoms with E-state index in [4.69, 9.17) is 5.73 Å². The number of para-hydroxylation sites is 1. The van der Waals surface area contributed by atoms with Gasteiger partial charge in [-0.1, -0.05) is 49.6 Å². The van der Waals surface area contributed by atoms with Crippen LogP contribution < -0.4 is 16.4 Å². The molecular weight excluding hydrogens is 469 g/mol. The van der Waals surface area contributed by atoms with Crippen LogP contribution in [0.25, 0.3) is 10.9 Å². The predicted octanol–water partition coefficient (Wildman–Crippen LogP) is 3.69. The minimum Gasteiger partial charge on any atom is -0.368 e. The third-order valence-electron chi connectivity index (χ3n) is 7.01. The number of piperazine rings is 1. The first kappa shape index (κ1) is 26.7. The molecular formula is C29H36FN5O2. The standard InChI is InChI=1S/C15H19FN2O2.C14H17N3/c16-12-8-6-10(7-9-12)13(14(17)19)18-15(20)11-4-2-1-3-5-11;1-2-4-14-13(3-1)9-12(10-16-14)11-17-7-5-15-6-8-17/h6-9,11,13H,1-5H2,(H2,17,19)(H,18,20);1-4,9-10,15H,5-8,11H2. The molecule has 5 rings (SSSR count). The molecule has 1 atom stereocenters. The van der Waals surface area contributed by atoms with E-state index < -0.39 is 17.8 Å².